The second-order valence-corrected chi connectivity index (χ2v) is 5.10. The van der Waals surface area contributed by atoms with Gasteiger partial charge in [-0.15, -0.1) is 0 Å². The molecule has 2 aromatic carbocycles. The molecule has 2 aromatic heterocycles. The maximum absolute atomic E-state index is 4.41. The lowest BCUT2D eigenvalue weighted by atomic mass is 10.2. The van der Waals surface area contributed by atoms with Crippen molar-refractivity contribution in [2.24, 2.45) is 0 Å². The molecule has 3 nitrogen and oxygen atoms in total. The van der Waals surface area contributed by atoms with Gasteiger partial charge in [-0.1, -0.05) is 48.5 Å². The molecular formula is C18H15N3. The quantitative estimate of drug-likeness (QED) is 0.599. The molecule has 0 unspecified atom stereocenters. The predicted octanol–water partition coefficient (Wildman–Crippen LogP) is 4.08. The predicted molar refractivity (Wildman–Crippen MR) is 85.1 cm³/mol. The van der Waals surface area contributed by atoms with Crippen LogP contribution in [0.4, 0.5) is 0 Å². The third kappa shape index (κ3) is 2.13. The molecule has 0 atom stereocenters. The van der Waals surface area contributed by atoms with Gasteiger partial charge in [-0.05, 0) is 17.7 Å². The Labute approximate surface area is 122 Å². The lowest BCUT2D eigenvalue weighted by molar-refractivity contribution is 0.839. The van der Waals surface area contributed by atoms with Crippen molar-refractivity contribution >= 4 is 10.9 Å². The van der Waals surface area contributed by atoms with E-state index in [1.165, 1.54) is 16.5 Å². The lowest BCUT2D eigenvalue weighted by Gasteiger charge is -2.09. The Morgan fingerprint density at radius 3 is 2.57 bits per heavy atom. The molecular weight excluding hydrogens is 258 g/mol. The monoisotopic (exact) mass is 273 g/mol. The van der Waals surface area contributed by atoms with Crippen molar-refractivity contribution in [3.05, 3.63) is 78.6 Å². The van der Waals surface area contributed by atoms with Gasteiger partial charge >= 0.3 is 0 Å². The Hall–Kier alpha value is -2.81. The molecule has 0 radical (unpaired) electrons. The number of para-hydroxylation sites is 1. The number of rotatable bonds is 3. The van der Waals surface area contributed by atoms with Gasteiger partial charge in [-0.3, -0.25) is 0 Å². The second-order valence-electron chi connectivity index (χ2n) is 5.10. The molecule has 0 amide bonds. The molecule has 4 aromatic rings. The van der Waals surface area contributed by atoms with Crippen LogP contribution in [0.2, 0.25) is 0 Å². The van der Waals surface area contributed by atoms with Gasteiger partial charge in [0.25, 0.3) is 0 Å². The Balaban J connectivity index is 1.91. The summed E-state index contributed by atoms with van der Waals surface area (Å²) >= 11 is 0. The number of fused-ring (bicyclic) bond motifs is 1. The second kappa shape index (κ2) is 4.94. The van der Waals surface area contributed by atoms with E-state index in [-0.39, 0.29) is 0 Å². The van der Waals surface area contributed by atoms with Gasteiger partial charge in [0, 0.05) is 29.8 Å². The summed E-state index contributed by atoms with van der Waals surface area (Å²) < 4.78 is 2.31. The van der Waals surface area contributed by atoms with Crippen molar-refractivity contribution in [3.63, 3.8) is 0 Å². The van der Waals surface area contributed by atoms with Crippen LogP contribution in [0.25, 0.3) is 22.4 Å². The van der Waals surface area contributed by atoms with E-state index in [4.69, 9.17) is 0 Å². The number of H-pyrrole nitrogens is 1. The first-order valence-corrected chi connectivity index (χ1v) is 7.04. The summed E-state index contributed by atoms with van der Waals surface area (Å²) in [5.41, 5.74) is 3.63. The zero-order valence-corrected chi connectivity index (χ0v) is 11.5. The average Bonchev–Trinajstić information content (AvgIpc) is 3.16. The van der Waals surface area contributed by atoms with E-state index in [0.717, 1.165) is 18.1 Å². The van der Waals surface area contributed by atoms with E-state index in [2.05, 4.69) is 69.1 Å². The van der Waals surface area contributed by atoms with Crippen molar-refractivity contribution in [1.29, 1.82) is 0 Å². The van der Waals surface area contributed by atoms with Gasteiger partial charge in [0.2, 0.25) is 0 Å². The number of aromatic amines is 1. The van der Waals surface area contributed by atoms with Crippen molar-refractivity contribution in [2.45, 2.75) is 6.54 Å². The smallest absolute Gasteiger partial charge is 0.154 e. The molecule has 0 saturated carbocycles. The number of nitrogens with one attached hydrogen (secondary N) is 1. The molecule has 0 fully saturated rings. The van der Waals surface area contributed by atoms with Gasteiger partial charge in [0.05, 0.1) is 5.69 Å². The van der Waals surface area contributed by atoms with E-state index < -0.39 is 0 Å². The highest BCUT2D eigenvalue weighted by Gasteiger charge is 2.12. The molecule has 0 saturated heterocycles. The van der Waals surface area contributed by atoms with E-state index in [1.807, 2.05) is 12.3 Å². The van der Waals surface area contributed by atoms with Crippen LogP contribution in [0.5, 0.6) is 0 Å². The van der Waals surface area contributed by atoms with Crippen LogP contribution < -0.4 is 0 Å². The summed E-state index contributed by atoms with van der Waals surface area (Å²) in [5.74, 6) is 0.905. The number of hydrogen-bond donors (Lipinski definition) is 1. The largest absolute Gasteiger partial charge is 0.343 e. The zero-order valence-electron chi connectivity index (χ0n) is 11.5. The average molecular weight is 273 g/mol. The minimum Gasteiger partial charge on any atom is -0.343 e. The molecule has 0 spiro atoms. The fraction of sp³-hybridized carbons (Fsp3) is 0.0556. The molecule has 4 rings (SSSR count). The number of hydrogen-bond acceptors (Lipinski definition) is 1. The lowest BCUT2D eigenvalue weighted by Crippen LogP contribution is -2.02. The highest BCUT2D eigenvalue weighted by atomic mass is 15.0. The Bertz CT molecular complexity index is 858. The standard InChI is InChI=1S/C18H15N3/c1-2-6-14(7-3-1)13-21-16-9-5-4-8-15(16)12-17(21)18-19-10-11-20-18/h1-12H,13H2,(H,19,20). The minimum atomic E-state index is 0.838. The topological polar surface area (TPSA) is 33.6 Å². The summed E-state index contributed by atoms with van der Waals surface area (Å²) in [4.78, 5) is 7.62. The Morgan fingerprint density at radius 1 is 0.952 bits per heavy atom. The third-order valence-electron chi connectivity index (χ3n) is 3.73. The van der Waals surface area contributed by atoms with Gasteiger partial charge in [-0.25, -0.2) is 4.98 Å². The van der Waals surface area contributed by atoms with E-state index in [1.54, 1.807) is 6.20 Å². The van der Waals surface area contributed by atoms with Crippen LogP contribution >= 0.6 is 0 Å². The number of aromatic nitrogens is 3. The molecule has 2 heterocycles. The summed E-state index contributed by atoms with van der Waals surface area (Å²) in [6.45, 7) is 0.838. The van der Waals surface area contributed by atoms with Gasteiger partial charge in [-0.2, -0.15) is 0 Å². The van der Waals surface area contributed by atoms with Gasteiger partial charge < -0.3 is 9.55 Å². The Kier molecular flexibility index (Phi) is 2.82. The van der Waals surface area contributed by atoms with Crippen LogP contribution in [0.15, 0.2) is 73.1 Å². The van der Waals surface area contributed by atoms with Crippen molar-refractivity contribution in [1.82, 2.24) is 14.5 Å². The molecule has 102 valence electrons. The maximum atomic E-state index is 4.41. The fourth-order valence-corrected chi connectivity index (χ4v) is 2.75. The highest BCUT2D eigenvalue weighted by Crippen LogP contribution is 2.27. The van der Waals surface area contributed by atoms with Crippen LogP contribution in [-0.2, 0) is 6.54 Å². The van der Waals surface area contributed by atoms with E-state index in [9.17, 15) is 0 Å². The SMILES string of the molecule is c1ccc(Cn2c(-c3ncc[nH]3)cc3ccccc32)cc1. The van der Waals surface area contributed by atoms with Crippen molar-refractivity contribution in [3.8, 4) is 11.5 Å². The highest BCUT2D eigenvalue weighted by molar-refractivity contribution is 5.86. The zero-order chi connectivity index (χ0) is 14.1. The molecule has 1 N–H and O–H groups in total. The Morgan fingerprint density at radius 2 is 1.76 bits per heavy atom. The minimum absolute atomic E-state index is 0.838. The molecule has 0 aliphatic carbocycles. The van der Waals surface area contributed by atoms with E-state index >= 15 is 0 Å². The summed E-state index contributed by atoms with van der Waals surface area (Å²) in [7, 11) is 0. The molecule has 0 aliphatic heterocycles. The van der Waals surface area contributed by atoms with Crippen LogP contribution in [0.3, 0.4) is 0 Å². The maximum Gasteiger partial charge on any atom is 0.154 e. The molecule has 3 heteroatoms. The summed E-state index contributed by atoms with van der Waals surface area (Å²) in [5, 5.41) is 1.24. The van der Waals surface area contributed by atoms with Crippen molar-refractivity contribution in [2.75, 3.05) is 0 Å². The van der Waals surface area contributed by atoms with Gasteiger partial charge in [0.15, 0.2) is 5.82 Å². The molecule has 21 heavy (non-hydrogen) atoms. The summed E-state index contributed by atoms with van der Waals surface area (Å²) in [6.07, 6.45) is 3.65. The fourth-order valence-electron chi connectivity index (χ4n) is 2.75. The van der Waals surface area contributed by atoms with Crippen LogP contribution in [-0.4, -0.2) is 14.5 Å². The first kappa shape index (κ1) is 12.0. The number of benzene rings is 2. The number of nitrogens with zero attached hydrogens (tertiary/aromatic N) is 2. The normalized spacial score (nSPS) is 11.0. The third-order valence-corrected chi connectivity index (χ3v) is 3.73. The van der Waals surface area contributed by atoms with Crippen LogP contribution in [0.1, 0.15) is 5.56 Å². The first-order valence-electron chi connectivity index (χ1n) is 7.04. The number of imidazole rings is 1. The molecule has 0 aliphatic rings. The summed E-state index contributed by atoms with van der Waals surface area (Å²) in [6, 6.07) is 21.1. The van der Waals surface area contributed by atoms with Gasteiger partial charge in [0.1, 0.15) is 0 Å². The molecule has 0 bridgehead atoms. The van der Waals surface area contributed by atoms with E-state index in [0.29, 0.717) is 0 Å². The van der Waals surface area contributed by atoms with Crippen LogP contribution in [0, 0.1) is 0 Å². The first-order chi connectivity index (χ1) is 10.4. The van der Waals surface area contributed by atoms with Crippen molar-refractivity contribution < 1.29 is 0 Å².